The van der Waals surface area contributed by atoms with Crippen molar-refractivity contribution < 1.29 is 24.2 Å². The SMILES string of the molecule is C=CCN(CCN1CCOCC1)C(=O)C1N([C@@H](CO)CC(C)C)C(=O)[C@@H]2[C@@H](C(=O)N(CC=C)Cc3ccccc3)[C@@H]3SC12CC3Br. The van der Waals surface area contributed by atoms with E-state index < -0.39 is 28.7 Å². The number of carbonyl (C=O) groups is 3. The second-order valence-electron chi connectivity index (χ2n) is 13.4. The van der Waals surface area contributed by atoms with E-state index in [4.69, 9.17) is 4.74 Å². The van der Waals surface area contributed by atoms with E-state index in [1.807, 2.05) is 35.2 Å². The first-order valence-electron chi connectivity index (χ1n) is 16.5. The molecular formula is C35H49BrN4O5S. The highest BCUT2D eigenvalue weighted by atomic mass is 79.9. The summed E-state index contributed by atoms with van der Waals surface area (Å²) < 4.78 is 4.72. The first-order valence-corrected chi connectivity index (χ1v) is 18.3. The Hall–Kier alpha value is -2.18. The summed E-state index contributed by atoms with van der Waals surface area (Å²) in [6.45, 7) is 17.0. The predicted molar refractivity (Wildman–Crippen MR) is 185 cm³/mol. The van der Waals surface area contributed by atoms with Crippen molar-refractivity contribution in [1.29, 1.82) is 0 Å². The number of aliphatic hydroxyl groups excluding tert-OH is 1. The second kappa shape index (κ2) is 15.4. The van der Waals surface area contributed by atoms with Crippen LogP contribution in [0, 0.1) is 17.8 Å². The van der Waals surface area contributed by atoms with Gasteiger partial charge in [-0.1, -0.05) is 72.3 Å². The number of benzene rings is 1. The number of morpholine rings is 1. The number of rotatable bonds is 15. The van der Waals surface area contributed by atoms with Gasteiger partial charge in [0.05, 0.1) is 42.4 Å². The van der Waals surface area contributed by atoms with Crippen molar-refractivity contribution in [2.75, 3.05) is 59.1 Å². The Morgan fingerprint density at radius 1 is 1.13 bits per heavy atom. The van der Waals surface area contributed by atoms with E-state index in [1.165, 1.54) is 0 Å². The first-order chi connectivity index (χ1) is 22.2. The van der Waals surface area contributed by atoms with Crippen LogP contribution in [0.25, 0.3) is 0 Å². The van der Waals surface area contributed by atoms with Gasteiger partial charge in [-0.3, -0.25) is 19.3 Å². The molecule has 2 bridgehead atoms. The van der Waals surface area contributed by atoms with Crippen LogP contribution in [0.1, 0.15) is 32.3 Å². The summed E-state index contributed by atoms with van der Waals surface area (Å²) in [5.41, 5.74) is 1.00. The summed E-state index contributed by atoms with van der Waals surface area (Å²) in [5.74, 6) is -1.46. The maximum atomic E-state index is 14.9. The molecule has 4 heterocycles. The quantitative estimate of drug-likeness (QED) is 0.220. The lowest BCUT2D eigenvalue weighted by Crippen LogP contribution is -2.58. The summed E-state index contributed by atoms with van der Waals surface area (Å²) in [7, 11) is 0. The first kappa shape index (κ1) is 35.1. The van der Waals surface area contributed by atoms with Crippen molar-refractivity contribution in [2.24, 2.45) is 17.8 Å². The number of aliphatic hydroxyl groups is 1. The molecule has 0 aliphatic carbocycles. The average molecular weight is 718 g/mol. The lowest BCUT2D eigenvalue weighted by atomic mass is 9.70. The number of hydrogen-bond donors (Lipinski definition) is 1. The van der Waals surface area contributed by atoms with Gasteiger partial charge < -0.3 is 24.5 Å². The zero-order valence-electron chi connectivity index (χ0n) is 27.1. The predicted octanol–water partition coefficient (Wildman–Crippen LogP) is 3.42. The molecule has 252 valence electrons. The Balaban J connectivity index is 1.51. The van der Waals surface area contributed by atoms with Crippen molar-refractivity contribution in [3.63, 3.8) is 0 Å². The molecule has 5 rings (SSSR count). The van der Waals surface area contributed by atoms with Crippen LogP contribution >= 0.6 is 27.7 Å². The molecule has 1 spiro atoms. The molecule has 4 saturated heterocycles. The summed E-state index contributed by atoms with van der Waals surface area (Å²) >= 11 is 5.54. The van der Waals surface area contributed by atoms with Gasteiger partial charge in [-0.15, -0.1) is 24.9 Å². The molecular weight excluding hydrogens is 668 g/mol. The van der Waals surface area contributed by atoms with Crippen LogP contribution in [0.4, 0.5) is 0 Å². The molecule has 0 radical (unpaired) electrons. The summed E-state index contributed by atoms with van der Waals surface area (Å²) in [6, 6.07) is 8.53. The smallest absolute Gasteiger partial charge is 0.247 e. The maximum Gasteiger partial charge on any atom is 0.247 e. The minimum Gasteiger partial charge on any atom is -0.394 e. The van der Waals surface area contributed by atoms with E-state index >= 15 is 0 Å². The van der Waals surface area contributed by atoms with Crippen molar-refractivity contribution in [3.05, 3.63) is 61.2 Å². The van der Waals surface area contributed by atoms with E-state index in [0.29, 0.717) is 58.8 Å². The van der Waals surface area contributed by atoms with Gasteiger partial charge in [0, 0.05) is 55.9 Å². The van der Waals surface area contributed by atoms with Gasteiger partial charge in [-0.25, -0.2) is 0 Å². The van der Waals surface area contributed by atoms with E-state index in [-0.39, 0.29) is 40.3 Å². The maximum absolute atomic E-state index is 14.9. The molecule has 0 aromatic heterocycles. The van der Waals surface area contributed by atoms with Crippen molar-refractivity contribution >= 4 is 45.4 Å². The average Bonchev–Trinajstić information content (AvgIpc) is 3.65. The normalized spacial score (nSPS) is 29.5. The third-order valence-electron chi connectivity index (χ3n) is 9.92. The van der Waals surface area contributed by atoms with E-state index in [9.17, 15) is 19.5 Å². The Bertz CT molecular complexity index is 1260. The minimum atomic E-state index is -0.791. The van der Waals surface area contributed by atoms with Gasteiger partial charge in [0.1, 0.15) is 6.04 Å². The van der Waals surface area contributed by atoms with Crippen molar-refractivity contribution in [2.45, 2.75) is 60.1 Å². The third kappa shape index (κ3) is 6.86. The van der Waals surface area contributed by atoms with Gasteiger partial charge in [0.15, 0.2) is 0 Å². The number of nitrogens with zero attached hydrogens (tertiary/aromatic N) is 4. The fraction of sp³-hybridized carbons (Fsp3) is 0.629. The lowest BCUT2D eigenvalue weighted by molar-refractivity contribution is -0.147. The minimum absolute atomic E-state index is 0.0352. The molecule has 1 N–H and O–H groups in total. The van der Waals surface area contributed by atoms with Gasteiger partial charge in [-0.2, -0.15) is 0 Å². The highest BCUT2D eigenvalue weighted by Crippen LogP contribution is 2.68. The topological polar surface area (TPSA) is 93.6 Å². The standard InChI is InChI=1S/C35H49BrN4O5S/c1-5-12-38(15-14-37-16-18-45-19-17-37)34(44)31-35-21-27(36)30(46-35)28(29(35)33(43)40(31)26(23-41)20-24(3)4)32(42)39(13-6-2)22-25-10-8-7-9-11-25/h5-11,24,26-31,41H,1-2,12-23H2,3-4H3/t26-,27?,28-,29+,30-,31?,35?/m1/s1. The van der Waals surface area contributed by atoms with Crippen LogP contribution in [0.5, 0.6) is 0 Å². The zero-order chi connectivity index (χ0) is 33.0. The highest BCUT2D eigenvalue weighted by Gasteiger charge is 2.76. The molecule has 9 nitrogen and oxygen atoms in total. The Kier molecular flexibility index (Phi) is 11.7. The Morgan fingerprint density at radius 2 is 1.80 bits per heavy atom. The monoisotopic (exact) mass is 716 g/mol. The zero-order valence-corrected chi connectivity index (χ0v) is 29.5. The fourth-order valence-electron chi connectivity index (χ4n) is 7.95. The highest BCUT2D eigenvalue weighted by molar-refractivity contribution is 9.09. The van der Waals surface area contributed by atoms with Crippen LogP contribution in [0.2, 0.25) is 0 Å². The molecule has 4 fully saturated rings. The van der Waals surface area contributed by atoms with Crippen LogP contribution in [-0.4, -0.2) is 128 Å². The molecule has 7 atom stereocenters. The van der Waals surface area contributed by atoms with Crippen LogP contribution in [0.3, 0.4) is 0 Å². The number of thioether (sulfide) groups is 1. The molecule has 11 heteroatoms. The molecule has 3 unspecified atom stereocenters. The van der Waals surface area contributed by atoms with Crippen LogP contribution in [0.15, 0.2) is 55.6 Å². The number of hydrogen-bond acceptors (Lipinski definition) is 7. The number of amides is 3. The van der Waals surface area contributed by atoms with Gasteiger partial charge in [0.2, 0.25) is 17.7 Å². The van der Waals surface area contributed by atoms with Crippen molar-refractivity contribution in [1.82, 2.24) is 19.6 Å². The largest absolute Gasteiger partial charge is 0.394 e. The molecule has 4 aliphatic heterocycles. The number of likely N-dealkylation sites (tertiary alicyclic amines) is 1. The Labute approximate surface area is 286 Å². The van der Waals surface area contributed by atoms with E-state index in [1.54, 1.807) is 33.7 Å². The summed E-state index contributed by atoms with van der Waals surface area (Å²) in [6.07, 6.45) is 4.62. The second-order valence-corrected chi connectivity index (χ2v) is 16.1. The molecule has 4 aliphatic rings. The van der Waals surface area contributed by atoms with E-state index in [2.05, 4.69) is 47.8 Å². The number of fused-ring (bicyclic) bond motifs is 1. The molecule has 46 heavy (non-hydrogen) atoms. The van der Waals surface area contributed by atoms with Gasteiger partial charge in [-0.05, 0) is 24.3 Å². The fourth-order valence-corrected chi connectivity index (χ4v) is 11.5. The molecule has 0 saturated carbocycles. The van der Waals surface area contributed by atoms with Gasteiger partial charge >= 0.3 is 0 Å². The third-order valence-corrected chi connectivity index (χ3v) is 13.1. The number of alkyl halides is 1. The molecule has 3 amide bonds. The van der Waals surface area contributed by atoms with Gasteiger partial charge in [0.25, 0.3) is 0 Å². The molecule has 1 aromatic rings. The summed E-state index contributed by atoms with van der Waals surface area (Å²) in [5, 5.41) is 10.5. The lowest BCUT2D eigenvalue weighted by Gasteiger charge is -2.40. The number of carbonyl (C=O) groups excluding carboxylic acids is 3. The van der Waals surface area contributed by atoms with E-state index in [0.717, 1.165) is 18.7 Å². The Morgan fingerprint density at radius 3 is 2.43 bits per heavy atom. The van der Waals surface area contributed by atoms with Crippen LogP contribution in [-0.2, 0) is 25.7 Å². The summed E-state index contributed by atoms with van der Waals surface area (Å²) in [4.78, 5) is 51.8. The van der Waals surface area contributed by atoms with Crippen molar-refractivity contribution in [3.8, 4) is 0 Å². The number of halogens is 1. The van der Waals surface area contributed by atoms with Crippen LogP contribution < -0.4 is 0 Å². The number of ether oxygens (including phenoxy) is 1. The molecule has 1 aromatic carbocycles.